The SMILES string of the molecule is C[C@H](O)[C@@H]1CC1[C@@H]1[C@H]2CC(O)O[C@H]2C[C@H]1O. The summed E-state index contributed by atoms with van der Waals surface area (Å²) >= 11 is 0. The number of aliphatic hydroxyl groups excluding tert-OH is 3. The van der Waals surface area contributed by atoms with E-state index in [0.29, 0.717) is 30.6 Å². The van der Waals surface area contributed by atoms with Gasteiger partial charge in [-0.1, -0.05) is 0 Å². The molecule has 1 heterocycles. The van der Waals surface area contributed by atoms with Crippen molar-refractivity contribution in [2.45, 2.75) is 50.8 Å². The molecule has 92 valence electrons. The number of fused-ring (bicyclic) bond motifs is 1. The Bertz CT molecular complexity index is 280. The highest BCUT2D eigenvalue weighted by molar-refractivity contribution is 5.05. The van der Waals surface area contributed by atoms with Crippen LogP contribution in [0, 0.1) is 23.7 Å². The molecule has 2 unspecified atom stereocenters. The van der Waals surface area contributed by atoms with Gasteiger partial charge in [-0.05, 0) is 37.0 Å². The fraction of sp³-hybridized carbons (Fsp3) is 1.00. The Hall–Kier alpha value is -0.160. The largest absolute Gasteiger partial charge is 0.393 e. The minimum absolute atomic E-state index is 0.0326. The molecule has 0 aromatic heterocycles. The van der Waals surface area contributed by atoms with Gasteiger partial charge in [-0.2, -0.15) is 0 Å². The molecule has 0 aromatic carbocycles. The van der Waals surface area contributed by atoms with Gasteiger partial charge in [-0.3, -0.25) is 0 Å². The summed E-state index contributed by atoms with van der Waals surface area (Å²) in [5.41, 5.74) is 0. The fourth-order valence-corrected chi connectivity index (χ4v) is 3.89. The Labute approximate surface area is 95.2 Å². The van der Waals surface area contributed by atoms with Crippen molar-refractivity contribution in [1.29, 1.82) is 0 Å². The van der Waals surface area contributed by atoms with Crippen LogP contribution in [0.4, 0.5) is 0 Å². The van der Waals surface area contributed by atoms with Gasteiger partial charge in [0.2, 0.25) is 0 Å². The molecule has 0 spiro atoms. The summed E-state index contributed by atoms with van der Waals surface area (Å²) in [7, 11) is 0. The van der Waals surface area contributed by atoms with Crippen molar-refractivity contribution in [2.24, 2.45) is 23.7 Å². The van der Waals surface area contributed by atoms with E-state index in [-0.39, 0.29) is 24.2 Å². The van der Waals surface area contributed by atoms with E-state index in [2.05, 4.69) is 0 Å². The first kappa shape index (κ1) is 11.0. The summed E-state index contributed by atoms with van der Waals surface area (Å²) in [5, 5.41) is 29.1. The average Bonchev–Trinajstić information content (AvgIpc) is 2.80. The second-order valence-electron chi connectivity index (χ2n) is 5.71. The van der Waals surface area contributed by atoms with Crippen molar-refractivity contribution in [3.63, 3.8) is 0 Å². The number of aliphatic hydroxyl groups is 3. The zero-order chi connectivity index (χ0) is 11.4. The molecule has 3 fully saturated rings. The number of hydrogen-bond acceptors (Lipinski definition) is 4. The molecule has 0 radical (unpaired) electrons. The number of ether oxygens (including phenoxy) is 1. The van der Waals surface area contributed by atoms with Gasteiger partial charge in [0.1, 0.15) is 0 Å². The van der Waals surface area contributed by atoms with Gasteiger partial charge in [0.05, 0.1) is 18.3 Å². The van der Waals surface area contributed by atoms with Crippen LogP contribution in [0.5, 0.6) is 0 Å². The lowest BCUT2D eigenvalue weighted by atomic mass is 9.86. The van der Waals surface area contributed by atoms with Crippen LogP contribution in [-0.2, 0) is 4.74 Å². The Morgan fingerprint density at radius 2 is 1.88 bits per heavy atom. The quantitative estimate of drug-likeness (QED) is 0.627. The molecule has 16 heavy (non-hydrogen) atoms. The second kappa shape index (κ2) is 3.67. The van der Waals surface area contributed by atoms with Crippen molar-refractivity contribution in [1.82, 2.24) is 0 Å². The molecule has 1 saturated heterocycles. The predicted octanol–water partition coefficient (Wildman–Crippen LogP) is 0.108. The van der Waals surface area contributed by atoms with Crippen molar-refractivity contribution < 1.29 is 20.1 Å². The first-order valence-electron chi connectivity index (χ1n) is 6.27. The molecule has 4 heteroatoms. The number of rotatable bonds is 2. The van der Waals surface area contributed by atoms with Crippen molar-refractivity contribution in [3.05, 3.63) is 0 Å². The van der Waals surface area contributed by atoms with Gasteiger partial charge >= 0.3 is 0 Å². The lowest BCUT2D eigenvalue weighted by Gasteiger charge is -2.20. The summed E-state index contributed by atoms with van der Waals surface area (Å²) < 4.78 is 5.39. The molecule has 0 bridgehead atoms. The molecule has 8 atom stereocenters. The van der Waals surface area contributed by atoms with Gasteiger partial charge in [0, 0.05) is 12.8 Å². The third kappa shape index (κ3) is 1.59. The molecule has 1 aliphatic heterocycles. The van der Waals surface area contributed by atoms with Crippen LogP contribution >= 0.6 is 0 Å². The second-order valence-corrected chi connectivity index (χ2v) is 5.71. The molecule has 0 aromatic rings. The first-order chi connectivity index (χ1) is 7.58. The summed E-state index contributed by atoms with van der Waals surface area (Å²) in [6, 6.07) is 0. The molecular weight excluding hydrogens is 208 g/mol. The Balaban J connectivity index is 1.70. The maximum atomic E-state index is 10.0. The van der Waals surface area contributed by atoms with Gasteiger partial charge in [0.25, 0.3) is 0 Å². The lowest BCUT2D eigenvalue weighted by molar-refractivity contribution is -0.0952. The van der Waals surface area contributed by atoms with E-state index in [1.54, 1.807) is 0 Å². The van der Waals surface area contributed by atoms with Gasteiger partial charge < -0.3 is 20.1 Å². The highest BCUT2D eigenvalue weighted by atomic mass is 16.6. The van der Waals surface area contributed by atoms with Crippen LogP contribution in [-0.4, -0.2) is 39.9 Å². The van der Waals surface area contributed by atoms with E-state index in [9.17, 15) is 15.3 Å². The van der Waals surface area contributed by atoms with Crippen LogP contribution < -0.4 is 0 Å². The smallest absolute Gasteiger partial charge is 0.155 e. The monoisotopic (exact) mass is 228 g/mol. The lowest BCUT2D eigenvalue weighted by Crippen LogP contribution is -2.24. The fourth-order valence-electron chi connectivity index (χ4n) is 3.89. The van der Waals surface area contributed by atoms with Crippen LogP contribution in [0.25, 0.3) is 0 Å². The van der Waals surface area contributed by atoms with Crippen LogP contribution in [0.15, 0.2) is 0 Å². The van der Waals surface area contributed by atoms with E-state index in [0.717, 1.165) is 6.42 Å². The topological polar surface area (TPSA) is 69.9 Å². The Morgan fingerprint density at radius 3 is 2.50 bits per heavy atom. The first-order valence-corrected chi connectivity index (χ1v) is 6.27. The third-order valence-electron chi connectivity index (χ3n) is 4.70. The van der Waals surface area contributed by atoms with Crippen LogP contribution in [0.2, 0.25) is 0 Å². The van der Waals surface area contributed by atoms with Crippen molar-refractivity contribution in [3.8, 4) is 0 Å². The number of hydrogen-bond donors (Lipinski definition) is 3. The summed E-state index contributed by atoms with van der Waals surface area (Å²) in [6.07, 6.45) is 1.11. The molecule has 2 saturated carbocycles. The standard InChI is InChI=1S/C12H20O4/c1-5(13)6-2-7(6)12-8-3-11(15)16-10(8)4-9(12)14/h5-15H,2-4H2,1H3/t5-,6-,7?,8-,9+,10-,11?,12+/m0/s1. The Kier molecular flexibility index (Phi) is 2.51. The summed E-state index contributed by atoms with van der Waals surface area (Å²) in [6.45, 7) is 1.82. The van der Waals surface area contributed by atoms with Crippen molar-refractivity contribution >= 4 is 0 Å². The highest BCUT2D eigenvalue weighted by Crippen LogP contribution is 2.56. The predicted molar refractivity (Wildman–Crippen MR) is 56.4 cm³/mol. The van der Waals surface area contributed by atoms with Crippen LogP contribution in [0.1, 0.15) is 26.2 Å². The molecule has 2 aliphatic carbocycles. The van der Waals surface area contributed by atoms with Crippen molar-refractivity contribution in [2.75, 3.05) is 0 Å². The minimum Gasteiger partial charge on any atom is -0.393 e. The molecular formula is C12H20O4. The highest BCUT2D eigenvalue weighted by Gasteiger charge is 2.57. The van der Waals surface area contributed by atoms with Gasteiger partial charge in [-0.25, -0.2) is 0 Å². The van der Waals surface area contributed by atoms with E-state index < -0.39 is 6.29 Å². The average molecular weight is 228 g/mol. The Morgan fingerprint density at radius 1 is 1.12 bits per heavy atom. The minimum atomic E-state index is -0.645. The molecule has 4 nitrogen and oxygen atoms in total. The summed E-state index contributed by atoms with van der Waals surface area (Å²) in [5.74, 6) is 1.29. The van der Waals surface area contributed by atoms with Crippen LogP contribution in [0.3, 0.4) is 0 Å². The maximum absolute atomic E-state index is 10.0. The zero-order valence-electron chi connectivity index (χ0n) is 9.49. The maximum Gasteiger partial charge on any atom is 0.155 e. The van der Waals surface area contributed by atoms with E-state index >= 15 is 0 Å². The van der Waals surface area contributed by atoms with E-state index in [1.165, 1.54) is 0 Å². The normalized spacial score (nSPS) is 57.4. The molecule has 0 amide bonds. The van der Waals surface area contributed by atoms with Gasteiger partial charge in [-0.15, -0.1) is 0 Å². The third-order valence-corrected chi connectivity index (χ3v) is 4.70. The van der Waals surface area contributed by atoms with Gasteiger partial charge in [0.15, 0.2) is 6.29 Å². The molecule has 3 aliphatic rings. The zero-order valence-corrected chi connectivity index (χ0v) is 9.49. The molecule has 3 N–H and O–H groups in total. The summed E-state index contributed by atoms with van der Waals surface area (Å²) in [4.78, 5) is 0. The van der Waals surface area contributed by atoms with E-state index in [1.807, 2.05) is 6.92 Å². The molecule has 3 rings (SSSR count). The van der Waals surface area contributed by atoms with E-state index in [4.69, 9.17) is 4.74 Å².